The van der Waals surface area contributed by atoms with Crippen molar-refractivity contribution >= 4 is 11.7 Å². The SMILES string of the molecule is COc1ccccc1C(=O)Nc1cccc(C#CCN)n1. The molecule has 2 aromatic rings. The molecule has 3 N–H and O–H groups in total. The monoisotopic (exact) mass is 281 g/mol. The maximum absolute atomic E-state index is 12.2. The number of aromatic nitrogens is 1. The molecule has 0 unspecified atom stereocenters. The first-order valence-corrected chi connectivity index (χ1v) is 6.35. The third kappa shape index (κ3) is 3.81. The first-order chi connectivity index (χ1) is 10.2. The number of rotatable bonds is 3. The van der Waals surface area contributed by atoms with Gasteiger partial charge in [0.2, 0.25) is 0 Å². The predicted octanol–water partition coefficient (Wildman–Crippen LogP) is 1.65. The summed E-state index contributed by atoms with van der Waals surface area (Å²) in [5, 5.41) is 2.72. The van der Waals surface area contributed by atoms with Crippen LogP contribution in [-0.4, -0.2) is 24.5 Å². The van der Waals surface area contributed by atoms with Gasteiger partial charge in [-0.25, -0.2) is 4.98 Å². The number of nitrogens with zero attached hydrogens (tertiary/aromatic N) is 1. The lowest BCUT2D eigenvalue weighted by molar-refractivity contribution is 0.102. The average Bonchev–Trinajstić information content (AvgIpc) is 2.53. The number of pyridine rings is 1. The fourth-order valence-corrected chi connectivity index (χ4v) is 1.73. The van der Waals surface area contributed by atoms with Crippen LogP contribution in [0.3, 0.4) is 0 Å². The van der Waals surface area contributed by atoms with Gasteiger partial charge in [0.25, 0.3) is 5.91 Å². The minimum atomic E-state index is -0.288. The zero-order valence-corrected chi connectivity index (χ0v) is 11.6. The van der Waals surface area contributed by atoms with E-state index in [1.54, 1.807) is 42.5 Å². The van der Waals surface area contributed by atoms with E-state index in [9.17, 15) is 4.79 Å². The second-order valence-electron chi connectivity index (χ2n) is 4.07. The van der Waals surface area contributed by atoms with Gasteiger partial charge < -0.3 is 15.8 Å². The Morgan fingerprint density at radius 3 is 2.86 bits per heavy atom. The van der Waals surface area contributed by atoms with Crippen molar-refractivity contribution in [3.05, 3.63) is 53.7 Å². The second-order valence-corrected chi connectivity index (χ2v) is 4.07. The molecule has 1 heterocycles. The third-order valence-electron chi connectivity index (χ3n) is 2.66. The second kappa shape index (κ2) is 7.08. The number of carbonyl (C=O) groups is 1. The molecule has 1 amide bonds. The quantitative estimate of drug-likeness (QED) is 0.839. The van der Waals surface area contributed by atoms with E-state index in [1.165, 1.54) is 7.11 Å². The zero-order chi connectivity index (χ0) is 15.1. The van der Waals surface area contributed by atoms with Crippen LogP contribution >= 0.6 is 0 Å². The summed E-state index contributed by atoms with van der Waals surface area (Å²) in [6.07, 6.45) is 0. The summed E-state index contributed by atoms with van der Waals surface area (Å²) in [5.41, 5.74) is 6.32. The molecule has 5 nitrogen and oxygen atoms in total. The van der Waals surface area contributed by atoms with Crippen LogP contribution in [0.4, 0.5) is 5.82 Å². The van der Waals surface area contributed by atoms with Crippen molar-refractivity contribution in [2.45, 2.75) is 0 Å². The van der Waals surface area contributed by atoms with Crippen LogP contribution < -0.4 is 15.8 Å². The van der Waals surface area contributed by atoms with Crippen LogP contribution in [0, 0.1) is 11.8 Å². The maximum Gasteiger partial charge on any atom is 0.260 e. The van der Waals surface area contributed by atoms with Crippen molar-refractivity contribution in [2.24, 2.45) is 5.73 Å². The van der Waals surface area contributed by atoms with Crippen LogP contribution in [0.5, 0.6) is 5.75 Å². The molecule has 2 rings (SSSR count). The van der Waals surface area contributed by atoms with Crippen molar-refractivity contribution in [2.75, 3.05) is 19.0 Å². The number of ether oxygens (including phenoxy) is 1. The largest absolute Gasteiger partial charge is 0.496 e. The Bertz CT molecular complexity index is 702. The fourth-order valence-electron chi connectivity index (χ4n) is 1.73. The van der Waals surface area contributed by atoms with Gasteiger partial charge in [0.1, 0.15) is 17.3 Å². The molecule has 0 fully saturated rings. The summed E-state index contributed by atoms with van der Waals surface area (Å²) in [7, 11) is 1.52. The van der Waals surface area contributed by atoms with E-state index < -0.39 is 0 Å². The highest BCUT2D eigenvalue weighted by molar-refractivity contribution is 6.05. The highest BCUT2D eigenvalue weighted by atomic mass is 16.5. The molecule has 21 heavy (non-hydrogen) atoms. The summed E-state index contributed by atoms with van der Waals surface area (Å²) < 4.78 is 5.16. The smallest absolute Gasteiger partial charge is 0.260 e. The van der Waals surface area contributed by atoms with Gasteiger partial charge in [0.05, 0.1) is 19.2 Å². The van der Waals surface area contributed by atoms with E-state index in [2.05, 4.69) is 22.1 Å². The standard InChI is InChI=1S/C16H15N3O2/c1-21-14-9-3-2-8-13(14)16(20)19-15-10-4-6-12(18-15)7-5-11-17/h2-4,6,8-10H,11,17H2,1H3,(H,18,19,20). The number of anilines is 1. The van der Waals surface area contributed by atoms with Crippen LogP contribution in [0.15, 0.2) is 42.5 Å². The Kier molecular flexibility index (Phi) is 4.91. The number of para-hydroxylation sites is 1. The van der Waals surface area contributed by atoms with Gasteiger partial charge in [-0.2, -0.15) is 0 Å². The minimum absolute atomic E-state index is 0.263. The Labute approximate surface area is 123 Å². The van der Waals surface area contributed by atoms with E-state index in [0.717, 1.165) is 0 Å². The molecule has 0 saturated heterocycles. The molecule has 0 spiro atoms. The molecule has 0 bridgehead atoms. The molecule has 106 valence electrons. The first kappa shape index (κ1) is 14.6. The number of carbonyl (C=O) groups excluding carboxylic acids is 1. The van der Waals surface area contributed by atoms with Crippen molar-refractivity contribution in [1.29, 1.82) is 0 Å². The van der Waals surface area contributed by atoms with Crippen molar-refractivity contribution in [3.8, 4) is 17.6 Å². The van der Waals surface area contributed by atoms with Gasteiger partial charge in [-0.1, -0.05) is 24.1 Å². The molecule has 0 radical (unpaired) electrons. The summed E-state index contributed by atoms with van der Waals surface area (Å²) in [6, 6.07) is 12.2. The zero-order valence-electron chi connectivity index (χ0n) is 11.6. The summed E-state index contributed by atoms with van der Waals surface area (Å²) in [6.45, 7) is 0.263. The summed E-state index contributed by atoms with van der Waals surface area (Å²) >= 11 is 0. The molecule has 5 heteroatoms. The summed E-state index contributed by atoms with van der Waals surface area (Å²) in [4.78, 5) is 16.5. The number of methoxy groups -OCH3 is 1. The highest BCUT2D eigenvalue weighted by Gasteiger charge is 2.12. The van der Waals surface area contributed by atoms with Crippen molar-refractivity contribution in [3.63, 3.8) is 0 Å². The number of nitrogens with one attached hydrogen (secondary N) is 1. The predicted molar refractivity (Wildman–Crippen MR) is 81.1 cm³/mol. The highest BCUT2D eigenvalue weighted by Crippen LogP contribution is 2.18. The summed E-state index contributed by atoms with van der Waals surface area (Å²) in [5.74, 6) is 6.18. The van der Waals surface area contributed by atoms with Crippen LogP contribution in [-0.2, 0) is 0 Å². The number of hydrogen-bond acceptors (Lipinski definition) is 4. The van der Waals surface area contributed by atoms with Gasteiger partial charge in [0.15, 0.2) is 0 Å². The van der Waals surface area contributed by atoms with Crippen LogP contribution in [0.1, 0.15) is 16.1 Å². The van der Waals surface area contributed by atoms with E-state index in [1.807, 2.05) is 0 Å². The molecule has 0 aliphatic carbocycles. The normalized spacial score (nSPS) is 9.43. The van der Waals surface area contributed by atoms with Crippen LogP contribution in [0.25, 0.3) is 0 Å². The van der Waals surface area contributed by atoms with Crippen LogP contribution in [0.2, 0.25) is 0 Å². The number of benzene rings is 1. The molecular formula is C16H15N3O2. The number of nitrogens with two attached hydrogens (primary N) is 1. The molecular weight excluding hydrogens is 266 g/mol. The van der Waals surface area contributed by atoms with Gasteiger partial charge >= 0.3 is 0 Å². The average molecular weight is 281 g/mol. The van der Waals surface area contributed by atoms with Gasteiger partial charge in [-0.05, 0) is 30.2 Å². The van der Waals surface area contributed by atoms with Gasteiger partial charge in [0, 0.05) is 0 Å². The molecule has 1 aromatic carbocycles. The Hall–Kier alpha value is -2.84. The molecule has 0 aliphatic heterocycles. The van der Waals surface area contributed by atoms with E-state index in [0.29, 0.717) is 22.8 Å². The molecule has 0 aliphatic rings. The Morgan fingerprint density at radius 1 is 1.29 bits per heavy atom. The lowest BCUT2D eigenvalue weighted by Crippen LogP contribution is -2.14. The number of hydrogen-bond donors (Lipinski definition) is 2. The Balaban J connectivity index is 2.20. The van der Waals surface area contributed by atoms with E-state index in [-0.39, 0.29) is 12.5 Å². The third-order valence-corrected chi connectivity index (χ3v) is 2.66. The lowest BCUT2D eigenvalue weighted by atomic mass is 10.2. The minimum Gasteiger partial charge on any atom is -0.496 e. The lowest BCUT2D eigenvalue weighted by Gasteiger charge is -2.08. The number of amides is 1. The van der Waals surface area contributed by atoms with E-state index >= 15 is 0 Å². The molecule has 0 atom stereocenters. The molecule has 0 saturated carbocycles. The van der Waals surface area contributed by atoms with Gasteiger partial charge in [-0.3, -0.25) is 4.79 Å². The Morgan fingerprint density at radius 2 is 2.10 bits per heavy atom. The first-order valence-electron chi connectivity index (χ1n) is 6.35. The van der Waals surface area contributed by atoms with Gasteiger partial charge in [-0.15, -0.1) is 0 Å². The fraction of sp³-hybridized carbons (Fsp3) is 0.125. The van der Waals surface area contributed by atoms with E-state index in [4.69, 9.17) is 10.5 Å². The topological polar surface area (TPSA) is 77.2 Å². The maximum atomic E-state index is 12.2. The van der Waals surface area contributed by atoms with Crippen molar-refractivity contribution in [1.82, 2.24) is 4.98 Å². The van der Waals surface area contributed by atoms with Crippen molar-refractivity contribution < 1.29 is 9.53 Å². The molecule has 1 aromatic heterocycles.